The third kappa shape index (κ3) is 4.77. The van der Waals surface area contributed by atoms with E-state index in [1.807, 2.05) is 19.1 Å². The Hall–Kier alpha value is -0.400. The lowest BCUT2D eigenvalue weighted by Crippen LogP contribution is -2.36. The molecule has 2 nitrogen and oxygen atoms in total. The summed E-state index contributed by atoms with van der Waals surface area (Å²) in [7, 11) is 0. The van der Waals surface area contributed by atoms with Crippen molar-refractivity contribution >= 4 is 35.0 Å². The third-order valence-electron chi connectivity index (χ3n) is 2.20. The molecule has 0 amide bonds. The molecule has 0 aliphatic carbocycles. The fourth-order valence-corrected chi connectivity index (χ4v) is 3.06. The Morgan fingerprint density at radius 2 is 2.12 bits per heavy atom. The predicted molar refractivity (Wildman–Crippen MR) is 74.6 cm³/mol. The van der Waals surface area contributed by atoms with Gasteiger partial charge in [0.15, 0.2) is 0 Å². The van der Waals surface area contributed by atoms with Crippen molar-refractivity contribution in [3.8, 4) is 6.07 Å². The van der Waals surface area contributed by atoms with Crippen molar-refractivity contribution in [3.63, 3.8) is 0 Å². The number of benzene rings is 1. The van der Waals surface area contributed by atoms with Crippen molar-refractivity contribution in [1.29, 1.82) is 5.26 Å². The van der Waals surface area contributed by atoms with Gasteiger partial charge in [0.25, 0.3) is 0 Å². The van der Waals surface area contributed by atoms with E-state index in [1.165, 1.54) is 0 Å². The zero-order valence-corrected chi connectivity index (χ0v) is 12.0. The average Bonchev–Trinajstić information content (AvgIpc) is 2.23. The number of nitriles is 1. The van der Waals surface area contributed by atoms with Crippen LogP contribution < -0.4 is 5.73 Å². The highest BCUT2D eigenvalue weighted by Crippen LogP contribution is 2.32. The molecule has 0 heterocycles. The molecule has 2 N–H and O–H groups in total. The molecule has 0 aromatic heterocycles. The Kier molecular flexibility index (Phi) is 5.15. The Balaban J connectivity index is 2.66. The molecule has 0 bridgehead atoms. The molecule has 17 heavy (non-hydrogen) atoms. The summed E-state index contributed by atoms with van der Waals surface area (Å²) in [6, 6.07) is 7.60. The third-order valence-corrected chi connectivity index (χ3v) is 4.03. The Morgan fingerprint density at radius 3 is 2.65 bits per heavy atom. The Bertz CT molecular complexity index is 441. The topological polar surface area (TPSA) is 49.8 Å². The largest absolute Gasteiger partial charge is 0.314 e. The van der Waals surface area contributed by atoms with Crippen LogP contribution in [0, 0.1) is 11.3 Å². The molecular formula is C12H14Cl2N2S. The van der Waals surface area contributed by atoms with Crippen LogP contribution in [0.4, 0.5) is 0 Å². The molecule has 0 radical (unpaired) electrons. The minimum Gasteiger partial charge on any atom is -0.314 e. The predicted octanol–water partition coefficient (Wildman–Crippen LogP) is 4.11. The van der Waals surface area contributed by atoms with Gasteiger partial charge in [-0.15, -0.1) is 11.8 Å². The van der Waals surface area contributed by atoms with E-state index in [4.69, 9.17) is 34.2 Å². The second kappa shape index (κ2) is 5.97. The summed E-state index contributed by atoms with van der Waals surface area (Å²) in [6.07, 6.45) is 0.619. The van der Waals surface area contributed by atoms with E-state index in [0.717, 1.165) is 4.90 Å². The zero-order chi connectivity index (χ0) is 13.1. The van der Waals surface area contributed by atoms with Crippen LogP contribution in [0.3, 0.4) is 0 Å². The van der Waals surface area contributed by atoms with Gasteiger partial charge in [-0.05, 0) is 31.5 Å². The van der Waals surface area contributed by atoms with Gasteiger partial charge in [-0.2, -0.15) is 5.26 Å². The first-order valence-corrected chi connectivity index (χ1v) is 6.79. The fourth-order valence-electron chi connectivity index (χ4n) is 1.47. The molecule has 5 heteroatoms. The standard InChI is InChI=1S/C12H14Cl2N2S/c1-8(6-12(2,16)7-15)17-9-3-4-10(13)11(14)5-9/h3-5,8H,6,16H2,1-2H3. The first-order valence-electron chi connectivity index (χ1n) is 5.16. The molecule has 1 aromatic rings. The number of halogens is 2. The molecule has 2 unspecified atom stereocenters. The minimum atomic E-state index is -0.789. The number of hydrogen-bond donors (Lipinski definition) is 1. The van der Waals surface area contributed by atoms with E-state index in [2.05, 4.69) is 6.07 Å². The summed E-state index contributed by atoms with van der Waals surface area (Å²) in [6.45, 7) is 3.77. The molecule has 0 fully saturated rings. The van der Waals surface area contributed by atoms with E-state index in [9.17, 15) is 0 Å². The summed E-state index contributed by atoms with van der Waals surface area (Å²) in [4.78, 5) is 1.03. The van der Waals surface area contributed by atoms with Crippen LogP contribution >= 0.6 is 35.0 Å². The molecule has 0 saturated carbocycles. The van der Waals surface area contributed by atoms with Crippen molar-refractivity contribution in [2.45, 2.75) is 36.0 Å². The molecule has 0 aliphatic heterocycles. The Labute approximate surface area is 116 Å². The van der Waals surface area contributed by atoms with E-state index >= 15 is 0 Å². The SMILES string of the molecule is CC(CC(C)(N)C#N)Sc1ccc(Cl)c(Cl)c1. The molecular weight excluding hydrogens is 275 g/mol. The smallest absolute Gasteiger partial charge is 0.102 e. The number of nitrogens with zero attached hydrogens (tertiary/aromatic N) is 1. The highest BCUT2D eigenvalue weighted by atomic mass is 35.5. The number of rotatable bonds is 4. The van der Waals surface area contributed by atoms with Crippen LogP contribution in [0.15, 0.2) is 23.1 Å². The highest BCUT2D eigenvalue weighted by Gasteiger charge is 2.21. The lowest BCUT2D eigenvalue weighted by Gasteiger charge is -2.20. The summed E-state index contributed by atoms with van der Waals surface area (Å²) in [5.74, 6) is 0. The van der Waals surface area contributed by atoms with Gasteiger partial charge in [-0.1, -0.05) is 30.1 Å². The molecule has 0 saturated heterocycles. The van der Waals surface area contributed by atoms with Crippen LogP contribution in [-0.4, -0.2) is 10.8 Å². The van der Waals surface area contributed by atoms with Gasteiger partial charge in [0.2, 0.25) is 0 Å². The van der Waals surface area contributed by atoms with Crippen molar-refractivity contribution in [2.75, 3.05) is 0 Å². The second-order valence-electron chi connectivity index (χ2n) is 4.24. The summed E-state index contributed by atoms with van der Waals surface area (Å²) in [5, 5.41) is 10.2. The summed E-state index contributed by atoms with van der Waals surface area (Å²) < 4.78 is 0. The maximum Gasteiger partial charge on any atom is 0.102 e. The number of nitrogens with two attached hydrogens (primary N) is 1. The molecule has 0 spiro atoms. The first kappa shape index (κ1) is 14.7. The van der Waals surface area contributed by atoms with Crippen molar-refractivity contribution in [3.05, 3.63) is 28.2 Å². The quantitative estimate of drug-likeness (QED) is 0.849. The lowest BCUT2D eigenvalue weighted by atomic mass is 10.00. The van der Waals surface area contributed by atoms with Gasteiger partial charge < -0.3 is 5.73 Å². The van der Waals surface area contributed by atoms with Crippen molar-refractivity contribution in [2.24, 2.45) is 5.73 Å². The van der Waals surface area contributed by atoms with Gasteiger partial charge in [0.1, 0.15) is 5.54 Å². The number of thioether (sulfide) groups is 1. The lowest BCUT2D eigenvalue weighted by molar-refractivity contribution is 0.545. The maximum absolute atomic E-state index is 8.87. The monoisotopic (exact) mass is 288 g/mol. The van der Waals surface area contributed by atoms with Crippen molar-refractivity contribution in [1.82, 2.24) is 0 Å². The van der Waals surface area contributed by atoms with Gasteiger partial charge in [-0.25, -0.2) is 0 Å². The Morgan fingerprint density at radius 1 is 1.47 bits per heavy atom. The van der Waals surface area contributed by atoms with Crippen LogP contribution in [0.25, 0.3) is 0 Å². The van der Waals surface area contributed by atoms with E-state index in [-0.39, 0.29) is 5.25 Å². The van der Waals surface area contributed by atoms with Crippen LogP contribution in [-0.2, 0) is 0 Å². The van der Waals surface area contributed by atoms with Gasteiger partial charge >= 0.3 is 0 Å². The number of hydrogen-bond acceptors (Lipinski definition) is 3. The first-order chi connectivity index (χ1) is 7.84. The molecule has 1 aromatic carbocycles. The van der Waals surface area contributed by atoms with Gasteiger partial charge in [-0.3, -0.25) is 0 Å². The summed E-state index contributed by atoms with van der Waals surface area (Å²) >= 11 is 13.4. The molecule has 92 valence electrons. The normalized spacial score (nSPS) is 16.0. The van der Waals surface area contributed by atoms with E-state index in [1.54, 1.807) is 24.8 Å². The van der Waals surface area contributed by atoms with Crippen LogP contribution in [0.1, 0.15) is 20.3 Å². The minimum absolute atomic E-state index is 0.238. The molecule has 1 rings (SSSR count). The average molecular weight is 289 g/mol. The van der Waals surface area contributed by atoms with Gasteiger partial charge in [0, 0.05) is 10.1 Å². The van der Waals surface area contributed by atoms with Crippen molar-refractivity contribution < 1.29 is 0 Å². The maximum atomic E-state index is 8.87. The van der Waals surface area contributed by atoms with E-state index in [0.29, 0.717) is 16.5 Å². The molecule has 0 aliphatic rings. The van der Waals surface area contributed by atoms with Crippen LogP contribution in [0.5, 0.6) is 0 Å². The second-order valence-corrected chi connectivity index (χ2v) is 6.56. The zero-order valence-electron chi connectivity index (χ0n) is 9.71. The summed E-state index contributed by atoms with van der Waals surface area (Å²) in [5.41, 5.74) is 5.01. The molecule has 2 atom stereocenters. The van der Waals surface area contributed by atoms with E-state index < -0.39 is 5.54 Å². The van der Waals surface area contributed by atoms with Gasteiger partial charge in [0.05, 0.1) is 16.1 Å². The van der Waals surface area contributed by atoms with Crippen LogP contribution in [0.2, 0.25) is 10.0 Å². The highest BCUT2D eigenvalue weighted by molar-refractivity contribution is 8.00. The fraction of sp³-hybridized carbons (Fsp3) is 0.417.